The summed E-state index contributed by atoms with van der Waals surface area (Å²) in [5.74, 6) is -5.22. The molecule has 1 rings (SSSR count). The minimum Gasteiger partial charge on any atom is -0.549 e. The van der Waals surface area contributed by atoms with Gasteiger partial charge in [-0.15, -0.1) is 0 Å². The summed E-state index contributed by atoms with van der Waals surface area (Å²) in [5, 5.41) is 45.1. The molecule has 0 aromatic carbocycles. The van der Waals surface area contributed by atoms with Crippen LogP contribution in [0.5, 0.6) is 0 Å². The summed E-state index contributed by atoms with van der Waals surface area (Å²) in [6, 6.07) is -0.967. The molecule has 0 amide bonds. The van der Waals surface area contributed by atoms with Crippen LogP contribution in [0.2, 0.25) is 0 Å². The van der Waals surface area contributed by atoms with E-state index in [1.54, 1.807) is 14.7 Å². The molecule has 0 aliphatic carbocycles. The van der Waals surface area contributed by atoms with E-state index >= 15 is 0 Å². The molecule has 1 saturated heterocycles. The van der Waals surface area contributed by atoms with Crippen molar-refractivity contribution in [1.29, 1.82) is 0 Å². The van der Waals surface area contributed by atoms with Crippen LogP contribution >= 0.6 is 0 Å². The van der Waals surface area contributed by atoms with Gasteiger partial charge in [-0.3, -0.25) is 19.6 Å². The summed E-state index contributed by atoms with van der Waals surface area (Å²) in [5.41, 5.74) is 5.50. The zero-order valence-corrected chi connectivity index (χ0v) is 20.7. The largest absolute Gasteiger partial charge is 3.00 e. The summed E-state index contributed by atoms with van der Waals surface area (Å²) < 4.78 is 0. The summed E-state index contributed by atoms with van der Waals surface area (Å²) in [6.07, 6.45) is 0.679. The molecule has 1 radical (unpaired) electrons. The zero-order chi connectivity index (χ0) is 24.1. The molecule has 2 N–H and O–H groups in total. The average Bonchev–Trinajstić information content (AvgIpc) is 2.68. The second kappa shape index (κ2) is 17.4. The minimum atomic E-state index is -1.31. The maximum Gasteiger partial charge on any atom is 3.00 e. The Hall–Kier alpha value is -0.995. The van der Waals surface area contributed by atoms with Gasteiger partial charge in [0.1, 0.15) is 0 Å². The van der Waals surface area contributed by atoms with Crippen LogP contribution in [0.3, 0.4) is 0 Å². The quantitative estimate of drug-likeness (QED) is 0.230. The normalized spacial score (nSPS) is 18.9. The molecule has 1 heterocycles. The third-order valence-electron chi connectivity index (χ3n) is 5.32. The summed E-state index contributed by atoms with van der Waals surface area (Å²) in [7, 11) is 0. The number of aliphatic carboxylic acids is 4. The van der Waals surface area contributed by atoms with Crippen molar-refractivity contribution >= 4 is 23.9 Å². The Morgan fingerprint density at radius 1 is 0.667 bits per heavy atom. The number of nitrogens with zero attached hydrogens (tertiary/aromatic N) is 4. The van der Waals surface area contributed by atoms with Gasteiger partial charge in [-0.25, -0.2) is 0 Å². The van der Waals surface area contributed by atoms with E-state index in [4.69, 9.17) is 5.73 Å². The molecule has 0 aromatic rings. The van der Waals surface area contributed by atoms with Crippen LogP contribution in [0.15, 0.2) is 0 Å². The number of hydrogen-bond acceptors (Lipinski definition) is 13. The van der Waals surface area contributed by atoms with Crippen LogP contribution in [0.25, 0.3) is 0 Å². The van der Waals surface area contributed by atoms with Gasteiger partial charge >= 0.3 is 39.9 Å². The van der Waals surface area contributed by atoms with Crippen molar-refractivity contribution in [1.82, 2.24) is 19.6 Å². The summed E-state index contributed by atoms with van der Waals surface area (Å²) >= 11 is 0. The van der Waals surface area contributed by atoms with E-state index in [-0.39, 0.29) is 98.7 Å². The number of carbonyl (C=O) groups is 4. The van der Waals surface area contributed by atoms with E-state index < -0.39 is 49.6 Å². The Kier molecular flexibility index (Phi) is 16.9. The summed E-state index contributed by atoms with van der Waals surface area (Å²) in [4.78, 5) is 51.3. The molecular weight excluding hydrogens is 583 g/mol. The van der Waals surface area contributed by atoms with Gasteiger partial charge in [0.2, 0.25) is 0 Å². The number of hydrogen-bond donors (Lipinski definition) is 1. The molecule has 1 fully saturated rings. The van der Waals surface area contributed by atoms with Gasteiger partial charge in [0.05, 0.1) is 23.9 Å². The van der Waals surface area contributed by atoms with Crippen LogP contribution in [-0.2, 0) is 19.2 Å². The van der Waals surface area contributed by atoms with Crippen molar-refractivity contribution in [3.8, 4) is 0 Å². The van der Waals surface area contributed by atoms with E-state index in [9.17, 15) is 39.6 Å². The molecule has 0 spiro atoms. The molecule has 1 atom stereocenters. The van der Waals surface area contributed by atoms with Crippen molar-refractivity contribution in [2.45, 2.75) is 18.9 Å². The second-order valence-corrected chi connectivity index (χ2v) is 7.75. The van der Waals surface area contributed by atoms with Crippen LogP contribution in [0.1, 0.15) is 12.8 Å². The van der Waals surface area contributed by atoms with Gasteiger partial charge < -0.3 is 45.3 Å². The predicted molar refractivity (Wildman–Crippen MR) is 103 cm³/mol. The standard InChI is InChI=1S/C19H35N5O8.Gd/c20-3-1-2-15(19(31)32)24-10-8-22(13-17(27)28)6-4-21(12-16(25)26)5-7-23(9-11-24)14-18(29)30;/h15H,1-14,20H2,(H,25,26)(H,27,28)(H,29,30)(H,31,32);/q;+3/p-4. The fourth-order valence-electron chi connectivity index (χ4n) is 3.65. The van der Waals surface area contributed by atoms with Crippen molar-refractivity contribution < 1.29 is 79.5 Å². The van der Waals surface area contributed by atoms with Crippen molar-refractivity contribution in [2.75, 3.05) is 78.5 Å². The number of nitrogens with two attached hydrogens (primary N) is 1. The Morgan fingerprint density at radius 2 is 1.00 bits per heavy atom. The first-order valence-corrected chi connectivity index (χ1v) is 10.5. The molecule has 1 unspecified atom stereocenters. The SMILES string of the molecule is NCCCC(C(=O)[O-])N1CCN(CC(=O)[O-])CCN(CC(=O)[O-])CCN(CC(=O)[O-])CC1.[Gd+3]. The molecule has 0 saturated carbocycles. The van der Waals surface area contributed by atoms with Gasteiger partial charge in [-0.1, -0.05) is 0 Å². The predicted octanol–water partition coefficient (Wildman–Crippen LogP) is -7.68. The van der Waals surface area contributed by atoms with Crippen molar-refractivity contribution in [2.24, 2.45) is 5.73 Å². The topological polar surface area (TPSA) is 200 Å². The van der Waals surface area contributed by atoms with E-state index in [0.29, 0.717) is 13.0 Å². The minimum absolute atomic E-state index is 0. The van der Waals surface area contributed by atoms with E-state index in [0.717, 1.165) is 0 Å². The number of rotatable bonds is 11. The fourth-order valence-corrected chi connectivity index (χ4v) is 3.65. The molecule has 0 aromatic heterocycles. The Bertz CT molecular complexity index is 609. The smallest absolute Gasteiger partial charge is 0.549 e. The van der Waals surface area contributed by atoms with Gasteiger partial charge in [0.25, 0.3) is 0 Å². The van der Waals surface area contributed by atoms with E-state index in [1.807, 2.05) is 0 Å². The fraction of sp³-hybridized carbons (Fsp3) is 0.789. The number of carboxylic acids is 4. The molecular formula is C19H31GdN5O8-. The van der Waals surface area contributed by atoms with Gasteiger partial charge in [0, 0.05) is 78.0 Å². The van der Waals surface area contributed by atoms with Gasteiger partial charge in [-0.2, -0.15) is 0 Å². The zero-order valence-electron chi connectivity index (χ0n) is 18.5. The Balaban J connectivity index is 0.0000102. The first-order valence-electron chi connectivity index (χ1n) is 10.5. The Labute approximate surface area is 225 Å². The molecule has 1 aliphatic heterocycles. The molecule has 1 aliphatic rings. The van der Waals surface area contributed by atoms with Gasteiger partial charge in [-0.05, 0) is 19.4 Å². The molecule has 0 bridgehead atoms. The molecule has 189 valence electrons. The average molecular weight is 615 g/mol. The van der Waals surface area contributed by atoms with Crippen molar-refractivity contribution in [3.05, 3.63) is 0 Å². The first-order chi connectivity index (χ1) is 15.1. The van der Waals surface area contributed by atoms with Crippen molar-refractivity contribution in [3.63, 3.8) is 0 Å². The monoisotopic (exact) mass is 615 g/mol. The van der Waals surface area contributed by atoms with E-state index in [1.165, 1.54) is 4.90 Å². The third-order valence-corrected chi connectivity index (χ3v) is 5.32. The van der Waals surface area contributed by atoms with Crippen LogP contribution in [-0.4, -0.2) is 128 Å². The molecule has 13 nitrogen and oxygen atoms in total. The maximum atomic E-state index is 11.7. The number of carbonyl (C=O) groups excluding carboxylic acids is 4. The maximum absolute atomic E-state index is 11.7. The summed E-state index contributed by atoms with van der Waals surface area (Å²) in [6.45, 7) is 0.575. The third kappa shape index (κ3) is 14.1. The van der Waals surface area contributed by atoms with E-state index in [2.05, 4.69) is 0 Å². The van der Waals surface area contributed by atoms with Gasteiger partial charge in [0.15, 0.2) is 0 Å². The number of carboxylic acid groups (broad SMARTS) is 4. The van der Waals surface area contributed by atoms with Crippen LogP contribution in [0.4, 0.5) is 0 Å². The van der Waals surface area contributed by atoms with Crippen LogP contribution < -0.4 is 26.2 Å². The molecule has 14 heteroatoms. The van der Waals surface area contributed by atoms with Crippen LogP contribution in [0, 0.1) is 39.9 Å². The Morgan fingerprint density at radius 3 is 1.27 bits per heavy atom. The first kappa shape index (κ1) is 32.0. The molecule has 33 heavy (non-hydrogen) atoms. The second-order valence-electron chi connectivity index (χ2n) is 7.75.